The highest BCUT2D eigenvalue weighted by Crippen LogP contribution is 2.15. The first-order chi connectivity index (χ1) is 10.5. The van der Waals surface area contributed by atoms with Gasteiger partial charge in [0.15, 0.2) is 0 Å². The molecule has 0 aromatic rings. The lowest BCUT2D eigenvalue weighted by atomic mass is 9.92. The molecule has 2 N–H and O–H groups in total. The van der Waals surface area contributed by atoms with Crippen LogP contribution in [0.3, 0.4) is 0 Å². The number of carbonyl (C=O) groups is 2. The standard InChI is InChI=1S/C18H32N2O3/c1-9-18(10-2,11-3)20-15(21)14(12-13(4)5)19-16(22)23-17(6,7)8/h1,13-14H,10-12H2,2-8H3,(H,19,22)(H,20,21)/t14-/m0/s1. The number of hydrogen-bond acceptors (Lipinski definition) is 3. The molecular formula is C18H32N2O3. The summed E-state index contributed by atoms with van der Waals surface area (Å²) in [5, 5.41) is 5.57. The van der Waals surface area contributed by atoms with Gasteiger partial charge in [0.25, 0.3) is 0 Å². The molecule has 0 radical (unpaired) electrons. The van der Waals surface area contributed by atoms with Gasteiger partial charge in [0.1, 0.15) is 17.2 Å². The fourth-order valence-electron chi connectivity index (χ4n) is 2.14. The molecule has 132 valence electrons. The predicted molar refractivity (Wildman–Crippen MR) is 92.9 cm³/mol. The van der Waals surface area contributed by atoms with E-state index in [1.165, 1.54) is 0 Å². The van der Waals surface area contributed by atoms with Crippen molar-refractivity contribution in [1.29, 1.82) is 0 Å². The Labute approximate surface area is 140 Å². The Bertz CT molecular complexity index is 440. The van der Waals surface area contributed by atoms with Gasteiger partial charge in [0.2, 0.25) is 5.91 Å². The second-order valence-electron chi connectivity index (χ2n) is 7.25. The molecule has 5 nitrogen and oxygen atoms in total. The highest BCUT2D eigenvalue weighted by Gasteiger charge is 2.31. The highest BCUT2D eigenvalue weighted by molar-refractivity contribution is 5.86. The quantitative estimate of drug-likeness (QED) is 0.707. The van der Waals surface area contributed by atoms with Gasteiger partial charge in [0, 0.05) is 0 Å². The van der Waals surface area contributed by atoms with Crippen molar-refractivity contribution in [2.24, 2.45) is 5.92 Å². The van der Waals surface area contributed by atoms with Crippen LogP contribution >= 0.6 is 0 Å². The van der Waals surface area contributed by atoms with Gasteiger partial charge in [0.05, 0.1) is 0 Å². The van der Waals surface area contributed by atoms with Crippen molar-refractivity contribution in [3.63, 3.8) is 0 Å². The lowest BCUT2D eigenvalue weighted by Crippen LogP contribution is -2.55. The molecule has 0 aromatic heterocycles. The zero-order valence-electron chi connectivity index (χ0n) is 15.6. The molecule has 23 heavy (non-hydrogen) atoms. The fraction of sp³-hybridized carbons (Fsp3) is 0.778. The maximum Gasteiger partial charge on any atom is 0.408 e. The third-order valence-electron chi connectivity index (χ3n) is 3.56. The van der Waals surface area contributed by atoms with Gasteiger partial charge in [-0.05, 0) is 46.0 Å². The summed E-state index contributed by atoms with van der Waals surface area (Å²) in [6.45, 7) is 13.2. The summed E-state index contributed by atoms with van der Waals surface area (Å²) in [6.07, 6.45) is 6.76. The van der Waals surface area contributed by atoms with Gasteiger partial charge in [-0.2, -0.15) is 0 Å². The summed E-state index contributed by atoms with van der Waals surface area (Å²) in [7, 11) is 0. The van der Waals surface area contributed by atoms with Crippen LogP contribution in [0.2, 0.25) is 0 Å². The minimum Gasteiger partial charge on any atom is -0.444 e. The summed E-state index contributed by atoms with van der Waals surface area (Å²) < 4.78 is 5.24. The number of nitrogens with one attached hydrogen (secondary N) is 2. The second-order valence-corrected chi connectivity index (χ2v) is 7.25. The molecule has 0 bridgehead atoms. The van der Waals surface area contributed by atoms with Gasteiger partial charge in [-0.1, -0.05) is 33.6 Å². The first-order valence-corrected chi connectivity index (χ1v) is 8.28. The molecule has 0 rings (SSSR count). The average molecular weight is 324 g/mol. The number of rotatable bonds is 7. The molecule has 0 saturated heterocycles. The normalized spacial score (nSPS) is 13.2. The van der Waals surface area contributed by atoms with E-state index in [1.807, 2.05) is 27.7 Å². The molecule has 0 aliphatic carbocycles. The fourth-order valence-corrected chi connectivity index (χ4v) is 2.14. The summed E-state index contributed by atoms with van der Waals surface area (Å²) in [4.78, 5) is 24.6. The molecule has 5 heteroatoms. The van der Waals surface area contributed by atoms with Crippen molar-refractivity contribution in [2.75, 3.05) is 0 Å². The molecule has 0 unspecified atom stereocenters. The monoisotopic (exact) mass is 324 g/mol. The molecule has 0 aromatic carbocycles. The van der Waals surface area contributed by atoms with E-state index in [2.05, 4.69) is 16.6 Å². The number of ether oxygens (including phenoxy) is 1. The van der Waals surface area contributed by atoms with E-state index >= 15 is 0 Å². The summed E-state index contributed by atoms with van der Waals surface area (Å²) >= 11 is 0. The maximum atomic E-state index is 12.6. The SMILES string of the molecule is C#CC(CC)(CC)NC(=O)[C@H](CC(C)C)NC(=O)OC(C)(C)C. The van der Waals surface area contributed by atoms with E-state index in [4.69, 9.17) is 11.2 Å². The van der Waals surface area contributed by atoms with E-state index in [0.29, 0.717) is 19.3 Å². The van der Waals surface area contributed by atoms with Crippen LogP contribution in [0.1, 0.15) is 67.7 Å². The number of alkyl carbamates (subject to hydrolysis) is 1. The van der Waals surface area contributed by atoms with Crippen LogP contribution < -0.4 is 10.6 Å². The molecule has 0 aliphatic rings. The summed E-state index contributed by atoms with van der Waals surface area (Å²) in [5.74, 6) is 2.64. The molecule has 0 aliphatic heterocycles. The van der Waals surface area contributed by atoms with Gasteiger partial charge in [-0.25, -0.2) is 4.79 Å². The Morgan fingerprint density at radius 3 is 2.04 bits per heavy atom. The van der Waals surface area contributed by atoms with Crippen LogP contribution in [-0.4, -0.2) is 29.2 Å². The number of amides is 2. The molecule has 2 amide bonds. The van der Waals surface area contributed by atoms with E-state index in [1.54, 1.807) is 20.8 Å². The lowest BCUT2D eigenvalue weighted by molar-refractivity contribution is -0.125. The summed E-state index contributed by atoms with van der Waals surface area (Å²) in [6, 6.07) is -0.671. The van der Waals surface area contributed by atoms with Gasteiger partial charge in [-0.3, -0.25) is 4.79 Å². The van der Waals surface area contributed by atoms with E-state index in [0.717, 1.165) is 0 Å². The van der Waals surface area contributed by atoms with Crippen LogP contribution in [-0.2, 0) is 9.53 Å². The Hall–Kier alpha value is -1.70. The van der Waals surface area contributed by atoms with E-state index in [9.17, 15) is 9.59 Å². The van der Waals surface area contributed by atoms with Gasteiger partial charge >= 0.3 is 6.09 Å². The number of carbonyl (C=O) groups excluding carboxylic acids is 2. The van der Waals surface area contributed by atoms with Crippen LogP contribution in [0.4, 0.5) is 4.79 Å². The second kappa shape index (κ2) is 8.81. The van der Waals surface area contributed by atoms with Crippen molar-refractivity contribution in [2.45, 2.75) is 84.9 Å². The zero-order chi connectivity index (χ0) is 18.3. The van der Waals surface area contributed by atoms with Crippen molar-refractivity contribution in [3.8, 4) is 12.3 Å². The van der Waals surface area contributed by atoms with Gasteiger partial charge < -0.3 is 15.4 Å². The Kier molecular flexibility index (Phi) is 8.16. The number of terminal acetylenes is 1. The topological polar surface area (TPSA) is 67.4 Å². The lowest BCUT2D eigenvalue weighted by Gasteiger charge is -2.30. The average Bonchev–Trinajstić information content (AvgIpc) is 2.41. The number of hydrogen-bond donors (Lipinski definition) is 2. The third kappa shape index (κ3) is 7.92. The molecule has 0 spiro atoms. The minimum atomic E-state index is -0.679. The van der Waals surface area contributed by atoms with Crippen molar-refractivity contribution >= 4 is 12.0 Å². The van der Waals surface area contributed by atoms with Crippen LogP contribution in [0.15, 0.2) is 0 Å². The first-order valence-electron chi connectivity index (χ1n) is 8.28. The first kappa shape index (κ1) is 21.3. The highest BCUT2D eigenvalue weighted by atomic mass is 16.6. The Morgan fingerprint density at radius 1 is 1.17 bits per heavy atom. The molecule has 0 fully saturated rings. The van der Waals surface area contributed by atoms with Crippen molar-refractivity contribution in [3.05, 3.63) is 0 Å². The Balaban J connectivity index is 5.07. The Morgan fingerprint density at radius 2 is 1.70 bits per heavy atom. The minimum absolute atomic E-state index is 0.240. The van der Waals surface area contributed by atoms with Crippen molar-refractivity contribution in [1.82, 2.24) is 10.6 Å². The van der Waals surface area contributed by atoms with Gasteiger partial charge in [-0.15, -0.1) is 6.42 Å². The predicted octanol–water partition coefficient (Wildman–Crippen LogP) is 3.23. The zero-order valence-corrected chi connectivity index (χ0v) is 15.6. The van der Waals surface area contributed by atoms with E-state index in [-0.39, 0.29) is 11.8 Å². The van der Waals surface area contributed by atoms with Crippen molar-refractivity contribution < 1.29 is 14.3 Å². The van der Waals surface area contributed by atoms with E-state index < -0.39 is 23.3 Å². The molecular weight excluding hydrogens is 292 g/mol. The smallest absolute Gasteiger partial charge is 0.408 e. The van der Waals surface area contributed by atoms with Crippen LogP contribution in [0, 0.1) is 18.3 Å². The van der Waals surface area contributed by atoms with Crippen LogP contribution in [0.5, 0.6) is 0 Å². The largest absolute Gasteiger partial charge is 0.444 e. The molecule has 1 atom stereocenters. The summed E-state index contributed by atoms with van der Waals surface area (Å²) in [5.41, 5.74) is -1.29. The van der Waals surface area contributed by atoms with Crippen LogP contribution in [0.25, 0.3) is 0 Å². The molecule has 0 saturated carbocycles. The third-order valence-corrected chi connectivity index (χ3v) is 3.56. The maximum absolute atomic E-state index is 12.6. The molecule has 0 heterocycles.